The van der Waals surface area contributed by atoms with Gasteiger partial charge in [0.05, 0.1) is 10.6 Å². The number of aryl methyl sites for hydroxylation is 1. The smallest absolute Gasteiger partial charge is 0.176 e. The lowest BCUT2D eigenvalue weighted by Crippen LogP contribution is -2.02. The van der Waals surface area contributed by atoms with Crippen LogP contribution >= 0.6 is 11.3 Å². The van der Waals surface area contributed by atoms with Gasteiger partial charge in [0.2, 0.25) is 0 Å². The van der Waals surface area contributed by atoms with E-state index in [4.69, 9.17) is 5.73 Å². The van der Waals surface area contributed by atoms with Gasteiger partial charge in [0.1, 0.15) is 6.33 Å². The fourth-order valence-electron chi connectivity index (χ4n) is 1.41. The predicted octanol–water partition coefficient (Wildman–Crippen LogP) is 2.48. The molecule has 0 unspecified atom stereocenters. The average molecular weight is 222 g/mol. The summed E-state index contributed by atoms with van der Waals surface area (Å²) >= 11 is 1.62. The molecule has 2 aromatic heterocycles. The van der Waals surface area contributed by atoms with E-state index in [2.05, 4.69) is 24.0 Å². The molecule has 0 amide bonds. The molecule has 0 aliphatic heterocycles. The molecule has 0 saturated heterocycles. The lowest BCUT2D eigenvalue weighted by Gasteiger charge is -2.09. The largest absolute Gasteiger partial charge is 0.397 e. The van der Waals surface area contributed by atoms with E-state index in [9.17, 15) is 0 Å². The zero-order chi connectivity index (χ0) is 11.0. The first-order valence-electron chi connectivity index (χ1n) is 4.84. The van der Waals surface area contributed by atoms with Gasteiger partial charge in [-0.2, -0.15) is 0 Å². The van der Waals surface area contributed by atoms with E-state index in [1.165, 1.54) is 0 Å². The van der Waals surface area contributed by atoms with Crippen molar-refractivity contribution < 1.29 is 0 Å². The van der Waals surface area contributed by atoms with Gasteiger partial charge in [0.25, 0.3) is 0 Å². The van der Waals surface area contributed by atoms with Gasteiger partial charge in [0.15, 0.2) is 5.82 Å². The SMILES string of the molecule is Cc1csc(-c2nncn2C(C)C)c1N. The van der Waals surface area contributed by atoms with Crippen molar-refractivity contribution in [1.29, 1.82) is 0 Å². The van der Waals surface area contributed by atoms with Crippen LogP contribution in [0, 0.1) is 6.92 Å². The summed E-state index contributed by atoms with van der Waals surface area (Å²) in [5.74, 6) is 0.862. The number of thiophene rings is 1. The quantitative estimate of drug-likeness (QED) is 0.849. The zero-order valence-corrected chi connectivity index (χ0v) is 9.88. The summed E-state index contributed by atoms with van der Waals surface area (Å²) in [6.45, 7) is 6.21. The average Bonchev–Trinajstić information content (AvgIpc) is 2.75. The third-order valence-electron chi connectivity index (χ3n) is 2.36. The number of rotatable bonds is 2. The Kier molecular flexibility index (Phi) is 2.48. The number of nitrogens with zero attached hydrogens (tertiary/aromatic N) is 3. The highest BCUT2D eigenvalue weighted by atomic mass is 32.1. The number of hydrogen-bond acceptors (Lipinski definition) is 4. The summed E-state index contributed by atoms with van der Waals surface area (Å²) in [6.07, 6.45) is 1.74. The van der Waals surface area contributed by atoms with Crippen LogP contribution in [0.5, 0.6) is 0 Å². The van der Waals surface area contributed by atoms with Gasteiger partial charge >= 0.3 is 0 Å². The predicted molar refractivity (Wildman–Crippen MR) is 62.9 cm³/mol. The van der Waals surface area contributed by atoms with Crippen LogP contribution < -0.4 is 5.73 Å². The van der Waals surface area contributed by atoms with Crippen molar-refractivity contribution in [3.05, 3.63) is 17.3 Å². The molecule has 2 aromatic rings. The van der Waals surface area contributed by atoms with E-state index in [-0.39, 0.29) is 0 Å². The van der Waals surface area contributed by atoms with E-state index in [1.54, 1.807) is 17.7 Å². The summed E-state index contributed by atoms with van der Waals surface area (Å²) in [5, 5.41) is 10.1. The summed E-state index contributed by atoms with van der Waals surface area (Å²) in [4.78, 5) is 1.01. The highest BCUT2D eigenvalue weighted by Crippen LogP contribution is 2.34. The second kappa shape index (κ2) is 3.66. The van der Waals surface area contributed by atoms with Crippen molar-refractivity contribution in [2.45, 2.75) is 26.8 Å². The van der Waals surface area contributed by atoms with Gasteiger partial charge in [-0.05, 0) is 31.7 Å². The van der Waals surface area contributed by atoms with E-state index in [1.807, 2.05) is 16.9 Å². The van der Waals surface area contributed by atoms with Crippen LogP contribution in [0.3, 0.4) is 0 Å². The van der Waals surface area contributed by atoms with Gasteiger partial charge in [-0.1, -0.05) is 0 Å². The number of nitrogen functional groups attached to an aromatic ring is 1. The minimum Gasteiger partial charge on any atom is -0.397 e. The molecule has 2 N–H and O–H groups in total. The van der Waals surface area contributed by atoms with Crippen LogP contribution in [0.2, 0.25) is 0 Å². The Hall–Kier alpha value is -1.36. The second-order valence-corrected chi connectivity index (χ2v) is 4.70. The van der Waals surface area contributed by atoms with Crippen molar-refractivity contribution in [1.82, 2.24) is 14.8 Å². The number of anilines is 1. The summed E-state index contributed by atoms with van der Waals surface area (Å²) in [5.41, 5.74) is 7.91. The first-order valence-corrected chi connectivity index (χ1v) is 5.72. The fourth-order valence-corrected chi connectivity index (χ4v) is 2.37. The number of aromatic nitrogens is 3. The highest BCUT2D eigenvalue weighted by molar-refractivity contribution is 7.14. The lowest BCUT2D eigenvalue weighted by molar-refractivity contribution is 0.605. The van der Waals surface area contributed by atoms with Crippen LogP contribution in [0.15, 0.2) is 11.7 Å². The number of nitrogens with two attached hydrogens (primary N) is 1. The maximum Gasteiger partial charge on any atom is 0.176 e. The minimum absolute atomic E-state index is 0.344. The van der Waals surface area contributed by atoms with E-state index < -0.39 is 0 Å². The molecular weight excluding hydrogens is 208 g/mol. The van der Waals surface area contributed by atoms with Crippen molar-refractivity contribution in [2.75, 3.05) is 5.73 Å². The molecule has 80 valence electrons. The van der Waals surface area contributed by atoms with Gasteiger partial charge in [-0.3, -0.25) is 0 Å². The molecule has 0 spiro atoms. The van der Waals surface area contributed by atoms with Crippen LogP contribution in [-0.4, -0.2) is 14.8 Å². The zero-order valence-electron chi connectivity index (χ0n) is 9.06. The molecule has 0 aliphatic rings. The first kappa shape index (κ1) is 10.2. The van der Waals surface area contributed by atoms with Gasteiger partial charge in [-0.15, -0.1) is 21.5 Å². The molecule has 0 aliphatic carbocycles. The Balaban J connectivity index is 2.54. The van der Waals surface area contributed by atoms with E-state index in [0.29, 0.717) is 6.04 Å². The van der Waals surface area contributed by atoms with Crippen molar-refractivity contribution in [3.63, 3.8) is 0 Å². The molecule has 0 saturated carbocycles. The lowest BCUT2D eigenvalue weighted by atomic mass is 10.2. The Bertz CT molecular complexity index is 469. The molecule has 0 fully saturated rings. The second-order valence-electron chi connectivity index (χ2n) is 3.82. The number of hydrogen-bond donors (Lipinski definition) is 1. The molecule has 2 heterocycles. The molecule has 0 radical (unpaired) electrons. The minimum atomic E-state index is 0.344. The third-order valence-corrected chi connectivity index (χ3v) is 3.47. The monoisotopic (exact) mass is 222 g/mol. The Morgan fingerprint density at radius 2 is 2.20 bits per heavy atom. The van der Waals surface area contributed by atoms with Crippen LogP contribution in [0.1, 0.15) is 25.5 Å². The van der Waals surface area contributed by atoms with E-state index >= 15 is 0 Å². The van der Waals surface area contributed by atoms with Crippen molar-refractivity contribution in [3.8, 4) is 10.7 Å². The highest BCUT2D eigenvalue weighted by Gasteiger charge is 2.15. The summed E-state index contributed by atoms with van der Waals surface area (Å²) < 4.78 is 2.03. The normalized spacial score (nSPS) is 11.2. The summed E-state index contributed by atoms with van der Waals surface area (Å²) in [6, 6.07) is 0.344. The fraction of sp³-hybridized carbons (Fsp3) is 0.400. The molecule has 0 atom stereocenters. The van der Waals surface area contributed by atoms with Crippen molar-refractivity contribution >= 4 is 17.0 Å². The molecule has 15 heavy (non-hydrogen) atoms. The van der Waals surface area contributed by atoms with Gasteiger partial charge in [0, 0.05) is 6.04 Å². The van der Waals surface area contributed by atoms with Gasteiger partial charge in [-0.25, -0.2) is 0 Å². The van der Waals surface area contributed by atoms with E-state index in [0.717, 1.165) is 22.0 Å². The van der Waals surface area contributed by atoms with Crippen LogP contribution in [0.25, 0.3) is 10.7 Å². The maximum atomic E-state index is 5.99. The molecular formula is C10H14N4S. The first-order chi connectivity index (χ1) is 7.11. The Morgan fingerprint density at radius 1 is 1.47 bits per heavy atom. The Labute approximate surface area is 92.8 Å². The van der Waals surface area contributed by atoms with Crippen LogP contribution in [0.4, 0.5) is 5.69 Å². The van der Waals surface area contributed by atoms with Crippen LogP contribution in [-0.2, 0) is 0 Å². The topological polar surface area (TPSA) is 56.7 Å². The molecule has 5 heteroatoms. The molecule has 0 aromatic carbocycles. The van der Waals surface area contributed by atoms with Crippen molar-refractivity contribution in [2.24, 2.45) is 0 Å². The third kappa shape index (κ3) is 1.63. The molecule has 4 nitrogen and oxygen atoms in total. The molecule has 0 bridgehead atoms. The molecule has 2 rings (SSSR count). The Morgan fingerprint density at radius 3 is 2.73 bits per heavy atom. The maximum absolute atomic E-state index is 5.99. The standard InChI is InChI=1S/C10H14N4S/c1-6(2)14-5-12-13-10(14)9-8(11)7(3)4-15-9/h4-6H,11H2,1-3H3. The van der Waals surface area contributed by atoms with Gasteiger partial charge < -0.3 is 10.3 Å². The summed E-state index contributed by atoms with van der Waals surface area (Å²) in [7, 11) is 0.